The highest BCUT2D eigenvalue weighted by atomic mass is 16.2. The van der Waals surface area contributed by atoms with Crippen LogP contribution in [0.5, 0.6) is 0 Å². The number of Topliss-reactive ketones (excluding diaryl/α,β-unsaturated/α-hetero) is 1. The summed E-state index contributed by atoms with van der Waals surface area (Å²) in [6.07, 6.45) is 0.953. The van der Waals surface area contributed by atoms with E-state index in [9.17, 15) is 9.59 Å². The molecule has 0 aliphatic carbocycles. The number of carbonyl (C=O) groups is 2. The van der Waals surface area contributed by atoms with E-state index >= 15 is 0 Å². The summed E-state index contributed by atoms with van der Waals surface area (Å²) in [7, 11) is 1.59. The second-order valence-electron chi connectivity index (χ2n) is 8.31. The molecule has 0 saturated heterocycles. The van der Waals surface area contributed by atoms with Gasteiger partial charge in [-0.15, -0.1) is 0 Å². The zero-order valence-corrected chi connectivity index (χ0v) is 15.7. The fourth-order valence-corrected chi connectivity index (χ4v) is 2.35. The second kappa shape index (κ2) is 7.29. The van der Waals surface area contributed by atoms with Gasteiger partial charge in [-0.1, -0.05) is 59.7 Å². The summed E-state index contributed by atoms with van der Waals surface area (Å²) in [5.74, 6) is 0.0247. The van der Waals surface area contributed by atoms with Gasteiger partial charge in [-0.05, 0) is 27.5 Å². The van der Waals surface area contributed by atoms with Gasteiger partial charge in [0.15, 0.2) is 0 Å². The fourth-order valence-electron chi connectivity index (χ4n) is 2.35. The lowest BCUT2D eigenvalue weighted by atomic mass is 9.79. The highest BCUT2D eigenvalue weighted by Crippen LogP contribution is 2.30. The monoisotopic (exact) mass is 317 g/mol. The molecule has 3 heteroatoms. The van der Waals surface area contributed by atoms with Crippen molar-refractivity contribution in [3.05, 3.63) is 34.9 Å². The van der Waals surface area contributed by atoms with Crippen LogP contribution in [-0.2, 0) is 26.8 Å². The lowest BCUT2D eigenvalue weighted by molar-refractivity contribution is -0.124. The summed E-state index contributed by atoms with van der Waals surface area (Å²) in [6.45, 7) is 13.1. The Labute approximate surface area is 140 Å². The highest BCUT2D eigenvalue weighted by molar-refractivity contribution is 5.86. The van der Waals surface area contributed by atoms with Crippen molar-refractivity contribution in [1.29, 1.82) is 0 Å². The third-order valence-electron chi connectivity index (χ3n) is 4.04. The number of nitrogens with one attached hydrogen (secondary N) is 1. The van der Waals surface area contributed by atoms with E-state index in [1.165, 1.54) is 11.1 Å². The maximum absolute atomic E-state index is 12.2. The molecule has 0 saturated carbocycles. The Kier molecular flexibility index (Phi) is 6.15. The molecule has 1 N–H and O–H groups in total. The minimum atomic E-state index is -0.0860. The van der Waals surface area contributed by atoms with E-state index in [4.69, 9.17) is 0 Å². The smallest absolute Gasteiger partial charge is 0.220 e. The van der Waals surface area contributed by atoms with Gasteiger partial charge in [0, 0.05) is 26.3 Å². The van der Waals surface area contributed by atoms with Crippen molar-refractivity contribution in [3.8, 4) is 0 Å². The van der Waals surface area contributed by atoms with E-state index in [0.717, 1.165) is 5.56 Å². The van der Waals surface area contributed by atoms with Crippen LogP contribution in [0.15, 0.2) is 18.2 Å². The summed E-state index contributed by atoms with van der Waals surface area (Å²) in [5, 5.41) is 2.55. The molecule has 0 aromatic heterocycles. The molecule has 0 fully saturated rings. The third-order valence-corrected chi connectivity index (χ3v) is 4.04. The van der Waals surface area contributed by atoms with Crippen LogP contribution >= 0.6 is 0 Å². The number of carbonyl (C=O) groups excluding carboxylic acids is 2. The molecular formula is C20H31NO2. The first kappa shape index (κ1) is 19.4. The van der Waals surface area contributed by atoms with Gasteiger partial charge in [-0.2, -0.15) is 0 Å². The molecule has 0 bridgehead atoms. The SMILES string of the molecule is CNC(=O)CCC(=O)Cc1cc(C(C)(C)C)cc(C(C)(C)C)c1. The van der Waals surface area contributed by atoms with Crippen molar-refractivity contribution in [2.75, 3.05) is 7.05 Å². The molecule has 0 heterocycles. The molecular weight excluding hydrogens is 286 g/mol. The topological polar surface area (TPSA) is 46.2 Å². The van der Waals surface area contributed by atoms with E-state index < -0.39 is 0 Å². The van der Waals surface area contributed by atoms with Gasteiger partial charge in [0.25, 0.3) is 0 Å². The first-order valence-corrected chi connectivity index (χ1v) is 8.30. The van der Waals surface area contributed by atoms with Crippen LogP contribution in [0, 0.1) is 0 Å². The summed E-state index contributed by atoms with van der Waals surface area (Å²) in [4.78, 5) is 23.5. The van der Waals surface area contributed by atoms with Crippen molar-refractivity contribution in [2.24, 2.45) is 0 Å². The molecule has 1 amide bonds. The van der Waals surface area contributed by atoms with Crippen LogP contribution in [0.3, 0.4) is 0 Å². The number of rotatable bonds is 5. The van der Waals surface area contributed by atoms with Gasteiger partial charge in [0.2, 0.25) is 5.91 Å². The largest absolute Gasteiger partial charge is 0.359 e. The molecule has 0 atom stereocenters. The average molecular weight is 317 g/mol. The molecule has 3 nitrogen and oxygen atoms in total. The minimum absolute atomic E-state index is 0.0428. The van der Waals surface area contributed by atoms with E-state index in [1.807, 2.05) is 0 Å². The van der Waals surface area contributed by atoms with Gasteiger partial charge in [0.05, 0.1) is 0 Å². The Morgan fingerprint density at radius 1 is 0.870 bits per heavy atom. The van der Waals surface area contributed by atoms with Crippen LogP contribution in [-0.4, -0.2) is 18.7 Å². The van der Waals surface area contributed by atoms with Crippen molar-refractivity contribution in [2.45, 2.75) is 71.6 Å². The van der Waals surface area contributed by atoms with Gasteiger partial charge in [-0.3, -0.25) is 9.59 Å². The summed E-state index contributed by atoms with van der Waals surface area (Å²) >= 11 is 0. The average Bonchev–Trinajstić information content (AvgIpc) is 2.42. The zero-order valence-electron chi connectivity index (χ0n) is 15.7. The lowest BCUT2D eigenvalue weighted by Gasteiger charge is -2.26. The number of hydrogen-bond donors (Lipinski definition) is 1. The van der Waals surface area contributed by atoms with Gasteiger partial charge >= 0.3 is 0 Å². The first-order chi connectivity index (χ1) is 10.4. The van der Waals surface area contributed by atoms with Gasteiger partial charge in [0.1, 0.15) is 5.78 Å². The number of hydrogen-bond acceptors (Lipinski definition) is 2. The summed E-state index contributed by atoms with van der Waals surface area (Å²) in [5.41, 5.74) is 3.63. The molecule has 0 spiro atoms. The van der Waals surface area contributed by atoms with Gasteiger partial charge < -0.3 is 5.32 Å². The predicted octanol–water partition coefficient (Wildman–Crippen LogP) is 3.92. The highest BCUT2D eigenvalue weighted by Gasteiger charge is 2.21. The minimum Gasteiger partial charge on any atom is -0.359 e. The molecule has 0 aliphatic rings. The van der Waals surface area contributed by atoms with E-state index in [-0.39, 0.29) is 28.9 Å². The maximum Gasteiger partial charge on any atom is 0.220 e. The van der Waals surface area contributed by atoms with E-state index in [2.05, 4.69) is 65.1 Å². The van der Waals surface area contributed by atoms with E-state index in [1.54, 1.807) is 7.05 Å². The maximum atomic E-state index is 12.2. The molecule has 1 aromatic carbocycles. The molecule has 0 radical (unpaired) electrons. The number of benzene rings is 1. The van der Waals surface area contributed by atoms with Gasteiger partial charge in [-0.25, -0.2) is 0 Å². The molecule has 1 aromatic rings. The molecule has 128 valence electrons. The quantitative estimate of drug-likeness (QED) is 0.894. The molecule has 0 aliphatic heterocycles. The normalized spacial score (nSPS) is 12.1. The van der Waals surface area contributed by atoms with Crippen LogP contribution < -0.4 is 5.32 Å². The molecule has 23 heavy (non-hydrogen) atoms. The fraction of sp³-hybridized carbons (Fsp3) is 0.600. The summed E-state index contributed by atoms with van der Waals surface area (Å²) < 4.78 is 0. The lowest BCUT2D eigenvalue weighted by Crippen LogP contribution is -2.20. The summed E-state index contributed by atoms with van der Waals surface area (Å²) in [6, 6.07) is 6.51. The van der Waals surface area contributed by atoms with Crippen molar-refractivity contribution >= 4 is 11.7 Å². The molecule has 1 rings (SSSR count). The second-order valence-corrected chi connectivity index (χ2v) is 8.31. The van der Waals surface area contributed by atoms with Crippen LogP contribution in [0.1, 0.15) is 71.1 Å². The third kappa shape index (κ3) is 6.17. The Morgan fingerprint density at radius 2 is 1.35 bits per heavy atom. The Balaban J connectivity index is 3.02. The van der Waals surface area contributed by atoms with Crippen molar-refractivity contribution < 1.29 is 9.59 Å². The standard InChI is InChI=1S/C20H31NO2/c1-19(2,3)15-10-14(11-16(13-15)20(4,5)6)12-17(22)8-9-18(23)21-7/h10-11,13H,8-9,12H2,1-7H3,(H,21,23). The van der Waals surface area contributed by atoms with Crippen molar-refractivity contribution in [1.82, 2.24) is 5.32 Å². The zero-order chi connectivity index (χ0) is 17.8. The predicted molar refractivity (Wildman–Crippen MR) is 95.9 cm³/mol. The van der Waals surface area contributed by atoms with Crippen LogP contribution in [0.2, 0.25) is 0 Å². The Hall–Kier alpha value is -1.64. The van der Waals surface area contributed by atoms with Crippen molar-refractivity contribution in [3.63, 3.8) is 0 Å². The van der Waals surface area contributed by atoms with E-state index in [0.29, 0.717) is 12.8 Å². The Morgan fingerprint density at radius 3 is 1.74 bits per heavy atom. The van der Waals surface area contributed by atoms with Crippen LogP contribution in [0.25, 0.3) is 0 Å². The van der Waals surface area contributed by atoms with Crippen LogP contribution in [0.4, 0.5) is 0 Å². The number of amides is 1. The Bertz CT molecular complexity index is 542. The molecule has 0 unspecified atom stereocenters. The first-order valence-electron chi connectivity index (χ1n) is 8.30. The number of ketones is 1.